The molecule has 3 aliphatic heterocycles. The summed E-state index contributed by atoms with van der Waals surface area (Å²) < 4.78 is 15.4. The number of hydrogen-bond donors (Lipinski definition) is 2. The number of phenols is 1. The monoisotopic (exact) mass is 738 g/mol. The zero-order chi connectivity index (χ0) is 38.0. The highest BCUT2D eigenvalue weighted by Gasteiger charge is 2.71. The number of piperidine rings is 1. The topological polar surface area (TPSA) is 110 Å². The van der Waals surface area contributed by atoms with Gasteiger partial charge in [-0.1, -0.05) is 102 Å². The highest BCUT2D eigenvalue weighted by molar-refractivity contribution is 6.13. The summed E-state index contributed by atoms with van der Waals surface area (Å²) in [4.78, 5) is 63.0. The number of hydrogen-bond acceptors (Lipinski definition) is 7. The molecule has 6 atom stereocenters. The fourth-order valence-corrected chi connectivity index (χ4v) is 10.4. The number of benzene rings is 4. The van der Waals surface area contributed by atoms with Gasteiger partial charge in [0.2, 0.25) is 11.8 Å². The smallest absolute Gasteiger partial charge is 0.260 e. The number of aromatic hydroxyl groups is 1. The molecule has 4 aromatic carbocycles. The fourth-order valence-electron chi connectivity index (χ4n) is 10.4. The molecule has 2 aliphatic carbocycles. The first-order valence-electron chi connectivity index (χ1n) is 19.3. The Morgan fingerprint density at radius 3 is 2.20 bits per heavy atom. The molecule has 280 valence electrons. The molecule has 0 bridgehead atoms. The lowest BCUT2D eigenvalue weighted by Crippen LogP contribution is -2.53. The Morgan fingerprint density at radius 2 is 1.49 bits per heavy atom. The summed E-state index contributed by atoms with van der Waals surface area (Å²) in [6, 6.07) is 30.6. The minimum absolute atomic E-state index is 0.132. The molecule has 0 unspecified atom stereocenters. The number of likely N-dealkylation sites (tertiary alicyclic amines) is 2. The van der Waals surface area contributed by atoms with Crippen molar-refractivity contribution in [2.24, 2.45) is 23.7 Å². The van der Waals surface area contributed by atoms with Crippen LogP contribution in [0.3, 0.4) is 0 Å². The van der Waals surface area contributed by atoms with Crippen molar-refractivity contribution in [1.29, 1.82) is 0 Å². The number of hydrazine groups is 1. The number of carbonyl (C=O) groups is 4. The Morgan fingerprint density at radius 1 is 0.800 bits per heavy atom. The Bertz CT molecular complexity index is 2200. The number of aryl methyl sites for hydroxylation is 1. The average molecular weight is 739 g/mol. The molecule has 4 amide bonds. The summed E-state index contributed by atoms with van der Waals surface area (Å²) in [7, 11) is 0. The van der Waals surface area contributed by atoms with E-state index < -0.39 is 58.4 Å². The van der Waals surface area contributed by atoms with Gasteiger partial charge in [-0.25, -0.2) is 4.39 Å². The summed E-state index contributed by atoms with van der Waals surface area (Å²) >= 11 is 0. The molecule has 55 heavy (non-hydrogen) atoms. The van der Waals surface area contributed by atoms with Crippen LogP contribution in [0.15, 0.2) is 115 Å². The van der Waals surface area contributed by atoms with Gasteiger partial charge < -0.3 is 5.11 Å². The Hall–Kier alpha value is -5.61. The maximum absolute atomic E-state index is 15.4. The summed E-state index contributed by atoms with van der Waals surface area (Å²) in [5.74, 6) is -6.83. The molecule has 1 saturated carbocycles. The third-order valence-corrected chi connectivity index (χ3v) is 12.9. The number of phenolic OH excluding ortho intramolecular Hbond substituents is 1. The van der Waals surface area contributed by atoms with E-state index in [1.165, 1.54) is 16.5 Å². The molecular formula is C45H43FN4O5. The predicted molar refractivity (Wildman–Crippen MR) is 203 cm³/mol. The minimum Gasteiger partial charge on any atom is -0.505 e. The molecule has 9 rings (SSSR count). The number of amides is 4. The molecule has 3 heterocycles. The van der Waals surface area contributed by atoms with E-state index in [4.69, 9.17) is 0 Å². The number of imide groups is 2. The van der Waals surface area contributed by atoms with Crippen LogP contribution in [0.2, 0.25) is 0 Å². The van der Waals surface area contributed by atoms with Crippen LogP contribution in [0, 0.1) is 36.4 Å². The molecule has 5 aliphatic rings. The van der Waals surface area contributed by atoms with Crippen molar-refractivity contribution >= 4 is 29.3 Å². The number of nitrogens with one attached hydrogen (secondary N) is 1. The van der Waals surface area contributed by atoms with E-state index in [1.54, 1.807) is 42.5 Å². The third kappa shape index (κ3) is 5.52. The maximum Gasteiger partial charge on any atom is 0.260 e. The largest absolute Gasteiger partial charge is 0.505 e. The van der Waals surface area contributed by atoms with E-state index in [9.17, 15) is 19.5 Å². The van der Waals surface area contributed by atoms with Crippen LogP contribution in [0.5, 0.6) is 5.75 Å². The Balaban J connectivity index is 1.11. The number of carbonyl (C=O) groups excluding carboxylic acids is 4. The number of anilines is 1. The lowest BCUT2D eigenvalue weighted by Gasteiger charge is -2.50. The van der Waals surface area contributed by atoms with Crippen LogP contribution < -0.4 is 5.43 Å². The van der Waals surface area contributed by atoms with Crippen molar-refractivity contribution in [2.75, 3.05) is 18.5 Å². The van der Waals surface area contributed by atoms with E-state index in [2.05, 4.69) is 22.5 Å². The normalized spacial score (nSPS) is 28.2. The van der Waals surface area contributed by atoms with Gasteiger partial charge in [0.1, 0.15) is 0 Å². The summed E-state index contributed by atoms with van der Waals surface area (Å²) in [6.45, 7) is 4.25. The number of rotatable bonds is 7. The molecule has 0 radical (unpaired) electrons. The quantitative estimate of drug-likeness (QED) is 0.165. The zero-order valence-corrected chi connectivity index (χ0v) is 30.6. The van der Waals surface area contributed by atoms with E-state index in [0.29, 0.717) is 29.7 Å². The van der Waals surface area contributed by atoms with Crippen molar-refractivity contribution in [3.05, 3.63) is 143 Å². The van der Waals surface area contributed by atoms with Crippen LogP contribution in [-0.2, 0) is 31.1 Å². The molecule has 2 N–H and O–H groups in total. The molecule has 0 aromatic heterocycles. The molecule has 9 nitrogen and oxygen atoms in total. The molecular weight excluding hydrogens is 696 g/mol. The van der Waals surface area contributed by atoms with Gasteiger partial charge in [-0.3, -0.25) is 34.4 Å². The minimum atomic E-state index is -1.59. The molecule has 3 saturated heterocycles. The SMILES string of the molecule is Cc1ccc(NN2C(=O)[C@@H]3C[C@@H]4C(=CC[C@@H]5C(=O)N(C6CCN(Cc7ccccc7)CC6)C(=O)[C@@H]54)[C@H](c4cccc(F)c4O)[C@]3(c3ccccc3)C2=O)cc1. The van der Waals surface area contributed by atoms with Gasteiger partial charge in [0, 0.05) is 37.2 Å². The Kier molecular flexibility index (Phi) is 8.68. The van der Waals surface area contributed by atoms with Crippen molar-refractivity contribution in [3.63, 3.8) is 0 Å². The summed E-state index contributed by atoms with van der Waals surface area (Å²) in [5.41, 5.74) is 5.65. The number of para-hydroxylation sites is 1. The number of halogens is 1. The summed E-state index contributed by atoms with van der Waals surface area (Å²) in [5, 5.41) is 12.5. The van der Waals surface area contributed by atoms with Gasteiger partial charge in [0.05, 0.1) is 28.9 Å². The van der Waals surface area contributed by atoms with E-state index in [1.807, 2.05) is 49.4 Å². The number of fused-ring (bicyclic) bond motifs is 4. The Labute approximate surface area is 319 Å². The first kappa shape index (κ1) is 35.1. The lowest BCUT2D eigenvalue weighted by molar-refractivity contribution is -0.144. The van der Waals surface area contributed by atoms with Crippen LogP contribution in [0.4, 0.5) is 10.1 Å². The third-order valence-electron chi connectivity index (χ3n) is 12.9. The van der Waals surface area contributed by atoms with Crippen molar-refractivity contribution < 1.29 is 28.7 Å². The van der Waals surface area contributed by atoms with Gasteiger partial charge in [0.25, 0.3) is 11.8 Å². The summed E-state index contributed by atoms with van der Waals surface area (Å²) in [6.07, 6.45) is 3.67. The maximum atomic E-state index is 15.4. The molecule has 4 aromatic rings. The molecule has 4 fully saturated rings. The second-order valence-corrected chi connectivity index (χ2v) is 15.8. The van der Waals surface area contributed by atoms with Gasteiger partial charge in [0.15, 0.2) is 11.6 Å². The van der Waals surface area contributed by atoms with Gasteiger partial charge >= 0.3 is 0 Å². The van der Waals surface area contributed by atoms with Crippen LogP contribution >= 0.6 is 0 Å². The van der Waals surface area contributed by atoms with Crippen LogP contribution in [-0.4, -0.2) is 62.7 Å². The van der Waals surface area contributed by atoms with Crippen molar-refractivity contribution in [1.82, 2.24) is 14.8 Å². The van der Waals surface area contributed by atoms with Crippen molar-refractivity contribution in [2.45, 2.75) is 56.5 Å². The van der Waals surface area contributed by atoms with Gasteiger partial charge in [-0.2, -0.15) is 5.01 Å². The van der Waals surface area contributed by atoms with Crippen LogP contribution in [0.1, 0.15) is 53.9 Å². The van der Waals surface area contributed by atoms with Crippen molar-refractivity contribution in [3.8, 4) is 5.75 Å². The van der Waals surface area contributed by atoms with Crippen LogP contribution in [0.25, 0.3) is 0 Å². The predicted octanol–water partition coefficient (Wildman–Crippen LogP) is 6.49. The van der Waals surface area contributed by atoms with Gasteiger partial charge in [-0.05, 0) is 67.9 Å². The number of nitrogens with zero attached hydrogens (tertiary/aromatic N) is 3. The standard InChI is InChI=1S/C45H43FN4O5/c1-27-15-17-30(18-16-27)47-50-42(53)36-25-35-32(39(34-13-8-14-37(46)40(34)51)45(36,44(50)55)29-11-6-3-7-12-29)19-20-33-38(35)43(54)49(41(33)52)31-21-23-48(24-22-31)26-28-9-4-2-5-10-28/h2-19,31,33,35-36,38-39,47,51H,20-26H2,1H3/t33-,35+,36-,38-,39+,45+/m0/s1. The van der Waals surface area contributed by atoms with E-state index >= 15 is 9.18 Å². The van der Waals surface area contributed by atoms with E-state index in [0.717, 1.165) is 36.3 Å². The first-order valence-corrected chi connectivity index (χ1v) is 19.3. The second-order valence-electron chi connectivity index (χ2n) is 15.8. The molecule has 0 spiro atoms. The first-order chi connectivity index (χ1) is 26.7. The number of allylic oxidation sites excluding steroid dienone is 2. The highest BCUT2D eigenvalue weighted by Crippen LogP contribution is 2.65. The molecule has 10 heteroatoms. The second kappa shape index (κ2) is 13.6. The zero-order valence-electron chi connectivity index (χ0n) is 30.6. The fraction of sp³-hybridized carbons (Fsp3) is 0.333. The highest BCUT2D eigenvalue weighted by atomic mass is 19.1. The average Bonchev–Trinajstić information content (AvgIpc) is 3.58. The van der Waals surface area contributed by atoms with E-state index in [-0.39, 0.29) is 36.3 Å². The van der Waals surface area contributed by atoms with Gasteiger partial charge in [-0.15, -0.1) is 0 Å². The lowest BCUT2D eigenvalue weighted by atomic mass is 9.49.